The van der Waals surface area contributed by atoms with Gasteiger partial charge in [0.1, 0.15) is 22.7 Å². The number of rotatable bonds is 2. The number of nitrogens with zero attached hydrogens (tertiary/aromatic N) is 2. The molecule has 8 heteroatoms. The molecule has 0 fully saturated rings. The van der Waals surface area contributed by atoms with Gasteiger partial charge in [0.15, 0.2) is 6.20 Å². The number of hydrogen-bond donors (Lipinski definition) is 0. The lowest BCUT2D eigenvalue weighted by molar-refractivity contribution is -0.592. The van der Waals surface area contributed by atoms with E-state index in [0.29, 0.717) is 21.2 Å². The van der Waals surface area contributed by atoms with Crippen molar-refractivity contribution in [2.45, 2.75) is 6.18 Å². The first-order valence-corrected chi connectivity index (χ1v) is 8.40. The van der Waals surface area contributed by atoms with Crippen molar-refractivity contribution in [1.82, 2.24) is 4.98 Å². The molecule has 146 valence electrons. The fourth-order valence-electron chi connectivity index (χ4n) is 3.19. The number of halogens is 5. The van der Waals surface area contributed by atoms with Gasteiger partial charge in [-0.1, -0.05) is 18.2 Å². The van der Waals surface area contributed by atoms with E-state index in [9.17, 15) is 27.2 Å². The van der Waals surface area contributed by atoms with Crippen LogP contribution in [0.15, 0.2) is 67.0 Å². The molecule has 0 amide bonds. The molecule has 0 atom stereocenters. The summed E-state index contributed by atoms with van der Waals surface area (Å²) < 4.78 is 67.4. The minimum Gasteiger partial charge on any atom is -0.618 e. The summed E-state index contributed by atoms with van der Waals surface area (Å²) in [5, 5.41) is 12.7. The summed E-state index contributed by atoms with van der Waals surface area (Å²) >= 11 is 0. The second kappa shape index (κ2) is 6.80. The van der Waals surface area contributed by atoms with E-state index < -0.39 is 28.9 Å². The smallest absolute Gasteiger partial charge is 0.416 e. The van der Waals surface area contributed by atoms with E-state index in [0.717, 1.165) is 30.5 Å². The molecular weight excluding hydrogens is 391 g/mol. The van der Waals surface area contributed by atoms with Crippen LogP contribution in [-0.2, 0) is 6.18 Å². The summed E-state index contributed by atoms with van der Waals surface area (Å²) in [6, 6.07) is 10.7. The van der Waals surface area contributed by atoms with Crippen LogP contribution in [0.1, 0.15) is 5.56 Å². The van der Waals surface area contributed by atoms with Crippen molar-refractivity contribution < 1.29 is 26.7 Å². The van der Waals surface area contributed by atoms with Crippen LogP contribution in [0.3, 0.4) is 0 Å². The van der Waals surface area contributed by atoms with Crippen molar-refractivity contribution >= 4 is 10.9 Å². The first-order chi connectivity index (χ1) is 13.8. The predicted molar refractivity (Wildman–Crippen MR) is 96.5 cm³/mol. The van der Waals surface area contributed by atoms with Gasteiger partial charge >= 0.3 is 6.18 Å². The standard InChI is InChI=1S/C21H11F5N2O/c22-16-2-1-3-17(23)18(16)20-19-15(9-11-28(20)29)14(8-10-27-19)12-4-6-13(7-5-12)21(24,25)26/h1-11H. The van der Waals surface area contributed by atoms with Crippen molar-refractivity contribution in [1.29, 1.82) is 0 Å². The fraction of sp³-hybridized carbons (Fsp3) is 0.0476. The van der Waals surface area contributed by atoms with Crippen LogP contribution in [0, 0.1) is 16.8 Å². The lowest BCUT2D eigenvalue weighted by atomic mass is 9.98. The van der Waals surface area contributed by atoms with E-state index in [4.69, 9.17) is 0 Å². The summed E-state index contributed by atoms with van der Waals surface area (Å²) in [4.78, 5) is 4.11. The third kappa shape index (κ3) is 3.26. The molecule has 0 saturated carbocycles. The molecule has 0 unspecified atom stereocenters. The Kier molecular flexibility index (Phi) is 4.41. The summed E-state index contributed by atoms with van der Waals surface area (Å²) in [5.41, 5.74) is -0.691. The van der Waals surface area contributed by atoms with Gasteiger partial charge in [0.25, 0.3) is 5.69 Å². The average Bonchev–Trinajstić information content (AvgIpc) is 2.68. The lowest BCUT2D eigenvalue weighted by Gasteiger charge is -2.12. The molecule has 0 aliphatic carbocycles. The minimum absolute atomic E-state index is 0.0314. The number of benzene rings is 2. The molecule has 0 aliphatic rings. The number of aromatic nitrogens is 2. The molecule has 0 N–H and O–H groups in total. The molecule has 0 radical (unpaired) electrons. The number of alkyl halides is 3. The first-order valence-electron chi connectivity index (χ1n) is 8.40. The maximum absolute atomic E-state index is 14.3. The maximum Gasteiger partial charge on any atom is 0.416 e. The molecule has 4 rings (SSSR count). The third-order valence-electron chi connectivity index (χ3n) is 4.53. The van der Waals surface area contributed by atoms with Crippen molar-refractivity contribution in [2.75, 3.05) is 0 Å². The van der Waals surface area contributed by atoms with E-state index in [2.05, 4.69) is 4.98 Å². The maximum atomic E-state index is 14.3. The van der Waals surface area contributed by atoms with Gasteiger partial charge < -0.3 is 5.21 Å². The van der Waals surface area contributed by atoms with Crippen LogP contribution in [0.4, 0.5) is 22.0 Å². The van der Waals surface area contributed by atoms with Gasteiger partial charge in [0, 0.05) is 17.6 Å². The number of hydrogen-bond acceptors (Lipinski definition) is 2. The van der Waals surface area contributed by atoms with E-state index in [-0.39, 0.29) is 11.2 Å². The monoisotopic (exact) mass is 402 g/mol. The van der Waals surface area contributed by atoms with Crippen molar-refractivity contribution in [3.05, 3.63) is 89.4 Å². The lowest BCUT2D eigenvalue weighted by Crippen LogP contribution is -2.29. The molecule has 2 aromatic carbocycles. The molecule has 0 saturated heterocycles. The highest BCUT2D eigenvalue weighted by Gasteiger charge is 2.30. The molecule has 2 aromatic heterocycles. The molecule has 0 bridgehead atoms. The predicted octanol–water partition coefficient (Wildman–Crippen LogP) is 5.50. The van der Waals surface area contributed by atoms with E-state index in [1.165, 1.54) is 30.5 Å². The number of fused-ring (bicyclic) bond motifs is 1. The molecule has 4 aromatic rings. The largest absolute Gasteiger partial charge is 0.618 e. The van der Waals surface area contributed by atoms with Crippen LogP contribution in [-0.4, -0.2) is 4.98 Å². The second-order valence-corrected chi connectivity index (χ2v) is 6.28. The second-order valence-electron chi connectivity index (χ2n) is 6.28. The Labute approximate surface area is 161 Å². The van der Waals surface area contributed by atoms with Gasteiger partial charge in [-0.3, -0.25) is 0 Å². The highest BCUT2D eigenvalue weighted by molar-refractivity contribution is 5.99. The van der Waals surface area contributed by atoms with E-state index in [1.54, 1.807) is 6.07 Å². The van der Waals surface area contributed by atoms with Gasteiger partial charge in [-0.05, 0) is 41.5 Å². The summed E-state index contributed by atoms with van der Waals surface area (Å²) in [6.45, 7) is 0. The van der Waals surface area contributed by atoms with Gasteiger partial charge in [-0.25, -0.2) is 13.8 Å². The molecular formula is C21H11F5N2O. The Morgan fingerprint density at radius 1 is 0.862 bits per heavy atom. The van der Waals surface area contributed by atoms with E-state index in [1.807, 2.05) is 0 Å². The molecule has 0 aliphatic heterocycles. The van der Waals surface area contributed by atoms with Crippen LogP contribution < -0.4 is 4.73 Å². The zero-order valence-electron chi connectivity index (χ0n) is 14.5. The highest BCUT2D eigenvalue weighted by atomic mass is 19.4. The Bertz CT molecular complexity index is 1200. The fourth-order valence-corrected chi connectivity index (χ4v) is 3.19. The normalized spacial score (nSPS) is 11.8. The Morgan fingerprint density at radius 3 is 2.14 bits per heavy atom. The summed E-state index contributed by atoms with van der Waals surface area (Å²) in [6.07, 6.45) is -2.06. The average molecular weight is 402 g/mol. The Morgan fingerprint density at radius 2 is 1.52 bits per heavy atom. The highest BCUT2D eigenvalue weighted by Crippen LogP contribution is 2.35. The molecule has 29 heavy (non-hydrogen) atoms. The van der Waals surface area contributed by atoms with Crippen molar-refractivity contribution in [3.63, 3.8) is 0 Å². The van der Waals surface area contributed by atoms with Gasteiger partial charge in [-0.15, -0.1) is 0 Å². The summed E-state index contributed by atoms with van der Waals surface area (Å²) in [5.74, 6) is -1.85. The molecule has 3 nitrogen and oxygen atoms in total. The first kappa shape index (κ1) is 18.8. The third-order valence-corrected chi connectivity index (χ3v) is 4.53. The minimum atomic E-state index is -4.47. The van der Waals surface area contributed by atoms with Crippen molar-refractivity contribution in [2.24, 2.45) is 0 Å². The van der Waals surface area contributed by atoms with Gasteiger partial charge in [0.05, 0.1) is 5.56 Å². The van der Waals surface area contributed by atoms with Gasteiger partial charge in [-0.2, -0.15) is 17.9 Å². The van der Waals surface area contributed by atoms with Crippen LogP contribution in [0.25, 0.3) is 33.3 Å². The topological polar surface area (TPSA) is 39.8 Å². The summed E-state index contributed by atoms with van der Waals surface area (Å²) in [7, 11) is 0. The van der Waals surface area contributed by atoms with E-state index >= 15 is 0 Å². The Hall–Kier alpha value is -3.55. The zero-order valence-corrected chi connectivity index (χ0v) is 14.5. The van der Waals surface area contributed by atoms with Crippen LogP contribution >= 0.6 is 0 Å². The molecule has 2 heterocycles. The van der Waals surface area contributed by atoms with Gasteiger partial charge in [0.2, 0.25) is 0 Å². The quantitative estimate of drug-likeness (QED) is 0.252. The van der Waals surface area contributed by atoms with Crippen LogP contribution in [0.5, 0.6) is 0 Å². The van der Waals surface area contributed by atoms with Crippen molar-refractivity contribution in [3.8, 4) is 22.4 Å². The van der Waals surface area contributed by atoms with Crippen LogP contribution in [0.2, 0.25) is 0 Å². The SMILES string of the molecule is [O-][n+]1ccc2c(-c3ccc(C(F)(F)F)cc3)ccnc2c1-c1c(F)cccc1F. The Balaban J connectivity index is 1.96. The molecule has 0 spiro atoms. The zero-order chi connectivity index (χ0) is 20.8. The number of pyridine rings is 2.